The molecule has 0 aromatic carbocycles. The first-order chi connectivity index (χ1) is 10.8. The lowest BCUT2D eigenvalue weighted by atomic mass is 9.85. The molecule has 1 aliphatic heterocycles. The predicted molar refractivity (Wildman–Crippen MR) is 82.8 cm³/mol. The zero-order valence-corrected chi connectivity index (χ0v) is 12.4. The van der Waals surface area contributed by atoms with Crippen molar-refractivity contribution < 1.29 is 0 Å². The molecule has 6 heteroatoms. The van der Waals surface area contributed by atoms with Crippen LogP contribution in [0.25, 0.3) is 0 Å². The van der Waals surface area contributed by atoms with Crippen LogP contribution in [0.4, 0.5) is 5.82 Å². The third-order valence-corrected chi connectivity index (χ3v) is 4.63. The van der Waals surface area contributed by atoms with Gasteiger partial charge in [0.2, 0.25) is 0 Å². The van der Waals surface area contributed by atoms with Gasteiger partial charge in [-0.25, -0.2) is 14.6 Å². The molecule has 2 aliphatic rings. The van der Waals surface area contributed by atoms with Crippen LogP contribution in [-0.4, -0.2) is 32.8 Å². The lowest BCUT2D eigenvalue weighted by Gasteiger charge is -2.40. The highest BCUT2D eigenvalue weighted by molar-refractivity contribution is 5.41. The second-order valence-corrected chi connectivity index (χ2v) is 6.22. The Morgan fingerprint density at radius 1 is 1.18 bits per heavy atom. The molecule has 3 heterocycles. The summed E-state index contributed by atoms with van der Waals surface area (Å²) in [6.45, 7) is 2.52. The molecule has 0 radical (unpaired) electrons. The summed E-state index contributed by atoms with van der Waals surface area (Å²) in [7, 11) is 0. The molecule has 4 rings (SSSR count). The molecule has 114 valence electrons. The van der Waals surface area contributed by atoms with Gasteiger partial charge in [0.15, 0.2) is 0 Å². The van der Waals surface area contributed by atoms with E-state index in [2.05, 4.69) is 15.0 Å². The van der Waals surface area contributed by atoms with E-state index in [1.54, 1.807) is 23.0 Å². The molecule has 0 amide bonds. The van der Waals surface area contributed by atoms with E-state index in [-0.39, 0.29) is 5.56 Å². The average Bonchev–Trinajstić information content (AvgIpc) is 2.42. The molecule has 0 unspecified atom stereocenters. The third-order valence-electron chi connectivity index (χ3n) is 4.63. The summed E-state index contributed by atoms with van der Waals surface area (Å²) < 4.78 is 1.54. The lowest BCUT2D eigenvalue weighted by molar-refractivity contribution is 0.331. The van der Waals surface area contributed by atoms with Crippen molar-refractivity contribution >= 4 is 5.82 Å². The van der Waals surface area contributed by atoms with Gasteiger partial charge >= 0.3 is 0 Å². The molecular weight excluding hydrogens is 278 g/mol. The minimum atomic E-state index is -0.0322. The smallest absolute Gasteiger partial charge is 0.266 e. The molecule has 1 saturated heterocycles. The van der Waals surface area contributed by atoms with Gasteiger partial charge in [-0.3, -0.25) is 4.79 Å². The van der Waals surface area contributed by atoms with Crippen molar-refractivity contribution in [1.29, 1.82) is 0 Å². The van der Waals surface area contributed by atoms with Crippen LogP contribution in [0.1, 0.15) is 31.0 Å². The van der Waals surface area contributed by atoms with Gasteiger partial charge in [0, 0.05) is 43.4 Å². The highest BCUT2D eigenvalue weighted by atomic mass is 16.1. The fourth-order valence-electron chi connectivity index (χ4n) is 3.04. The third kappa shape index (κ3) is 2.49. The molecular formula is C16H19N5O. The maximum Gasteiger partial charge on any atom is 0.266 e. The Morgan fingerprint density at radius 2 is 2.05 bits per heavy atom. The van der Waals surface area contributed by atoms with Crippen LogP contribution < -0.4 is 10.5 Å². The molecule has 1 aliphatic carbocycles. The van der Waals surface area contributed by atoms with Gasteiger partial charge in [0.05, 0.1) is 6.54 Å². The molecule has 22 heavy (non-hydrogen) atoms. The van der Waals surface area contributed by atoms with E-state index < -0.39 is 0 Å². The maximum atomic E-state index is 11.7. The molecule has 2 fully saturated rings. The second-order valence-electron chi connectivity index (χ2n) is 6.22. The zero-order chi connectivity index (χ0) is 14.9. The van der Waals surface area contributed by atoms with Gasteiger partial charge in [-0.15, -0.1) is 0 Å². The molecule has 2 aromatic heterocycles. The Labute approximate surface area is 128 Å². The van der Waals surface area contributed by atoms with Crippen LogP contribution >= 0.6 is 0 Å². The summed E-state index contributed by atoms with van der Waals surface area (Å²) in [5, 5.41) is 4.11. The van der Waals surface area contributed by atoms with Crippen molar-refractivity contribution in [1.82, 2.24) is 19.7 Å². The Morgan fingerprint density at radius 3 is 2.77 bits per heavy atom. The minimum Gasteiger partial charge on any atom is -0.356 e. The van der Waals surface area contributed by atoms with Gasteiger partial charge in [0.1, 0.15) is 11.6 Å². The van der Waals surface area contributed by atoms with Crippen LogP contribution in [0.15, 0.2) is 35.4 Å². The van der Waals surface area contributed by atoms with E-state index in [4.69, 9.17) is 4.98 Å². The average molecular weight is 297 g/mol. The van der Waals surface area contributed by atoms with Crippen LogP contribution in [0.3, 0.4) is 0 Å². The normalized spacial score (nSPS) is 18.8. The van der Waals surface area contributed by atoms with Crippen LogP contribution in [-0.2, 0) is 6.54 Å². The molecule has 0 N–H and O–H groups in total. The van der Waals surface area contributed by atoms with Gasteiger partial charge in [0.25, 0.3) is 5.56 Å². The van der Waals surface area contributed by atoms with Gasteiger partial charge < -0.3 is 4.90 Å². The van der Waals surface area contributed by atoms with Gasteiger partial charge in [-0.1, -0.05) is 6.42 Å². The first-order valence-electron chi connectivity index (χ1n) is 7.89. The molecule has 1 saturated carbocycles. The Hall–Kier alpha value is -2.24. The summed E-state index contributed by atoms with van der Waals surface area (Å²) in [6.07, 6.45) is 7.26. The standard InChI is InChI=1S/C16H19N5O/c22-15-5-2-7-18-21(15)11-12-9-20(10-12)14-6-8-17-16(19-14)13-3-1-4-13/h2,5-8,12-13H,1,3-4,9-11H2. The van der Waals surface area contributed by atoms with Crippen LogP contribution in [0.5, 0.6) is 0 Å². The van der Waals surface area contributed by atoms with Crippen LogP contribution in [0.2, 0.25) is 0 Å². The number of nitrogens with zero attached hydrogens (tertiary/aromatic N) is 5. The topological polar surface area (TPSA) is 63.9 Å². The summed E-state index contributed by atoms with van der Waals surface area (Å²) >= 11 is 0. The molecule has 0 bridgehead atoms. The number of hydrogen-bond donors (Lipinski definition) is 0. The van der Waals surface area contributed by atoms with Crippen molar-refractivity contribution in [3.05, 3.63) is 46.8 Å². The first-order valence-corrected chi connectivity index (χ1v) is 7.89. The molecule has 0 spiro atoms. The lowest BCUT2D eigenvalue weighted by Crippen LogP contribution is -2.50. The highest BCUT2D eigenvalue weighted by Gasteiger charge is 2.30. The first kappa shape index (κ1) is 13.4. The summed E-state index contributed by atoms with van der Waals surface area (Å²) in [5.41, 5.74) is -0.0322. The van der Waals surface area contributed by atoms with Crippen molar-refractivity contribution in [3.8, 4) is 0 Å². The van der Waals surface area contributed by atoms with Crippen molar-refractivity contribution in [2.45, 2.75) is 31.7 Å². The Bertz CT molecular complexity index is 718. The van der Waals surface area contributed by atoms with Crippen LogP contribution in [0, 0.1) is 5.92 Å². The van der Waals surface area contributed by atoms with E-state index in [0.29, 0.717) is 18.4 Å². The molecule has 0 atom stereocenters. The van der Waals surface area contributed by atoms with E-state index in [0.717, 1.165) is 24.7 Å². The van der Waals surface area contributed by atoms with Crippen molar-refractivity contribution in [3.63, 3.8) is 0 Å². The SMILES string of the molecule is O=c1cccnn1CC1CN(c2ccnc(C3CCC3)n2)C1. The fraction of sp³-hybridized carbons (Fsp3) is 0.500. The predicted octanol–water partition coefficient (Wildman–Crippen LogP) is 1.44. The van der Waals surface area contributed by atoms with Gasteiger partial charge in [-0.2, -0.15) is 5.10 Å². The second kappa shape index (κ2) is 5.51. The highest BCUT2D eigenvalue weighted by Crippen LogP contribution is 2.35. The largest absolute Gasteiger partial charge is 0.356 e. The zero-order valence-electron chi connectivity index (χ0n) is 12.4. The monoisotopic (exact) mass is 297 g/mol. The fourth-order valence-corrected chi connectivity index (χ4v) is 3.04. The number of hydrogen-bond acceptors (Lipinski definition) is 5. The number of aromatic nitrogens is 4. The van der Waals surface area contributed by atoms with E-state index in [9.17, 15) is 4.79 Å². The Kier molecular flexibility index (Phi) is 3.36. The van der Waals surface area contributed by atoms with E-state index in [1.807, 2.05) is 12.3 Å². The number of rotatable bonds is 4. The summed E-state index contributed by atoms with van der Waals surface area (Å²) in [5.74, 6) is 3.02. The van der Waals surface area contributed by atoms with Gasteiger partial charge in [-0.05, 0) is 25.0 Å². The Balaban J connectivity index is 1.39. The minimum absolute atomic E-state index is 0.0322. The maximum absolute atomic E-state index is 11.7. The quantitative estimate of drug-likeness (QED) is 0.854. The van der Waals surface area contributed by atoms with E-state index >= 15 is 0 Å². The number of anilines is 1. The van der Waals surface area contributed by atoms with E-state index in [1.165, 1.54) is 19.3 Å². The summed E-state index contributed by atoms with van der Waals surface area (Å²) in [6, 6.07) is 5.21. The summed E-state index contributed by atoms with van der Waals surface area (Å²) in [4.78, 5) is 23.0. The van der Waals surface area contributed by atoms with Crippen molar-refractivity contribution in [2.75, 3.05) is 18.0 Å². The van der Waals surface area contributed by atoms with Crippen molar-refractivity contribution in [2.24, 2.45) is 5.92 Å². The molecule has 2 aromatic rings. The molecule has 6 nitrogen and oxygen atoms in total.